The third-order valence-electron chi connectivity index (χ3n) is 4.80. The first-order valence-electron chi connectivity index (χ1n) is 9.41. The summed E-state index contributed by atoms with van der Waals surface area (Å²) in [6.07, 6.45) is -1.54. The zero-order valence-electron chi connectivity index (χ0n) is 17.3. The van der Waals surface area contributed by atoms with E-state index in [1.807, 2.05) is 20.8 Å². The van der Waals surface area contributed by atoms with Crippen molar-refractivity contribution in [3.05, 3.63) is 11.3 Å². The summed E-state index contributed by atoms with van der Waals surface area (Å²) in [7, 11) is 0. The predicted molar refractivity (Wildman–Crippen MR) is 97.9 cm³/mol. The Bertz CT molecular complexity index is 638. The molecule has 0 amide bonds. The van der Waals surface area contributed by atoms with Crippen molar-refractivity contribution >= 4 is 11.9 Å². The van der Waals surface area contributed by atoms with Gasteiger partial charge in [-0.15, -0.1) is 0 Å². The molecule has 0 aromatic carbocycles. The first-order valence-corrected chi connectivity index (χ1v) is 9.41. The van der Waals surface area contributed by atoms with Crippen LogP contribution in [0, 0.1) is 11.3 Å². The van der Waals surface area contributed by atoms with Crippen LogP contribution >= 0.6 is 0 Å². The normalized spacial score (nSPS) is 31.0. The van der Waals surface area contributed by atoms with Gasteiger partial charge in [-0.05, 0) is 54.9 Å². The van der Waals surface area contributed by atoms with E-state index in [-0.39, 0.29) is 25.0 Å². The minimum absolute atomic E-state index is 0.0278. The lowest BCUT2D eigenvalue weighted by molar-refractivity contribution is -0.175. The van der Waals surface area contributed by atoms with Crippen LogP contribution < -0.4 is 0 Å². The van der Waals surface area contributed by atoms with Gasteiger partial charge in [-0.2, -0.15) is 0 Å². The summed E-state index contributed by atoms with van der Waals surface area (Å²) >= 11 is 0. The molecule has 0 spiro atoms. The highest BCUT2D eigenvalue weighted by Gasteiger charge is 2.60. The van der Waals surface area contributed by atoms with Gasteiger partial charge in [0.05, 0.1) is 29.3 Å². The van der Waals surface area contributed by atoms with Gasteiger partial charge in [-0.1, -0.05) is 0 Å². The van der Waals surface area contributed by atoms with Gasteiger partial charge in [0, 0.05) is 12.3 Å². The van der Waals surface area contributed by atoms with Crippen LogP contribution in [-0.4, -0.2) is 52.2 Å². The van der Waals surface area contributed by atoms with E-state index in [0.717, 1.165) is 0 Å². The van der Waals surface area contributed by atoms with Gasteiger partial charge in [-0.25, -0.2) is 4.79 Å². The molecule has 2 aliphatic carbocycles. The predicted octanol–water partition coefficient (Wildman–Crippen LogP) is 2.66. The molecule has 0 aromatic heterocycles. The van der Waals surface area contributed by atoms with E-state index >= 15 is 0 Å². The van der Waals surface area contributed by atoms with E-state index in [2.05, 4.69) is 0 Å². The fourth-order valence-electron chi connectivity index (χ4n) is 3.67. The van der Waals surface area contributed by atoms with E-state index in [4.69, 9.17) is 14.2 Å². The van der Waals surface area contributed by atoms with Crippen molar-refractivity contribution < 1.29 is 34.0 Å². The fourth-order valence-corrected chi connectivity index (χ4v) is 3.67. The molecule has 7 heteroatoms. The summed E-state index contributed by atoms with van der Waals surface area (Å²) in [4.78, 5) is 24.9. The van der Waals surface area contributed by atoms with Crippen molar-refractivity contribution in [2.24, 2.45) is 11.3 Å². The Morgan fingerprint density at radius 2 is 1.74 bits per heavy atom. The van der Waals surface area contributed by atoms with Gasteiger partial charge in [0.1, 0.15) is 11.4 Å². The molecule has 0 saturated heterocycles. The summed E-state index contributed by atoms with van der Waals surface area (Å²) < 4.78 is 16.6. The lowest BCUT2D eigenvalue weighted by atomic mass is 9.81. The Hall–Kier alpha value is -1.60. The summed E-state index contributed by atoms with van der Waals surface area (Å²) in [6.45, 7) is 12.5. The lowest BCUT2D eigenvalue weighted by Gasteiger charge is -2.37. The zero-order valence-corrected chi connectivity index (χ0v) is 17.3. The van der Waals surface area contributed by atoms with Crippen LogP contribution in [0.2, 0.25) is 0 Å². The van der Waals surface area contributed by atoms with Crippen molar-refractivity contribution in [2.45, 2.75) is 84.7 Å². The number of carbonyl (C=O) groups is 2. The average Bonchev–Trinajstić information content (AvgIpc) is 2.75. The zero-order chi connectivity index (χ0) is 20.8. The van der Waals surface area contributed by atoms with Crippen LogP contribution in [0.5, 0.6) is 0 Å². The van der Waals surface area contributed by atoms with E-state index in [9.17, 15) is 19.8 Å². The number of aliphatic hydroxyl groups is 2. The van der Waals surface area contributed by atoms with E-state index in [0.29, 0.717) is 0 Å². The Morgan fingerprint density at radius 3 is 2.22 bits per heavy atom. The van der Waals surface area contributed by atoms with Gasteiger partial charge >= 0.3 is 11.9 Å². The number of fused-ring (bicyclic) bond motifs is 2. The summed E-state index contributed by atoms with van der Waals surface area (Å²) in [6, 6.07) is 0. The SMILES string of the molecule is CCOC(=O)C1=C(O)[C@@H](OC(=O)C(C)(C)C)[C@@]2(O)C[C@H](OC(C)(C)C)[C@@H]1C2. The van der Waals surface area contributed by atoms with Crippen LogP contribution in [0.25, 0.3) is 0 Å². The van der Waals surface area contributed by atoms with Gasteiger partial charge in [0.15, 0.2) is 6.10 Å². The lowest BCUT2D eigenvalue weighted by Crippen LogP contribution is -2.49. The van der Waals surface area contributed by atoms with Crippen LogP contribution in [0.1, 0.15) is 61.3 Å². The number of hydrogen-bond acceptors (Lipinski definition) is 7. The Labute approximate surface area is 160 Å². The molecule has 7 nitrogen and oxygen atoms in total. The van der Waals surface area contributed by atoms with Gasteiger partial charge in [0.25, 0.3) is 0 Å². The van der Waals surface area contributed by atoms with Crippen molar-refractivity contribution in [1.82, 2.24) is 0 Å². The van der Waals surface area contributed by atoms with Crippen LogP contribution in [0.3, 0.4) is 0 Å². The van der Waals surface area contributed by atoms with E-state index in [1.165, 1.54) is 0 Å². The Morgan fingerprint density at radius 1 is 1.15 bits per heavy atom. The molecule has 27 heavy (non-hydrogen) atoms. The van der Waals surface area contributed by atoms with E-state index in [1.54, 1.807) is 27.7 Å². The molecule has 0 aromatic rings. The second-order valence-corrected chi connectivity index (χ2v) is 9.44. The number of hydrogen-bond donors (Lipinski definition) is 2. The summed E-state index contributed by atoms with van der Waals surface area (Å²) in [5, 5.41) is 21.9. The third-order valence-corrected chi connectivity index (χ3v) is 4.80. The molecule has 2 aliphatic rings. The molecule has 2 bridgehead atoms. The number of carbonyl (C=O) groups excluding carboxylic acids is 2. The third kappa shape index (κ3) is 4.46. The Kier molecular flexibility index (Phi) is 5.70. The van der Waals surface area contributed by atoms with Crippen molar-refractivity contribution in [3.63, 3.8) is 0 Å². The minimum atomic E-state index is -1.50. The molecule has 0 heterocycles. The highest BCUT2D eigenvalue weighted by molar-refractivity contribution is 5.90. The molecular weight excluding hydrogens is 352 g/mol. The number of ether oxygens (including phenoxy) is 3. The van der Waals surface area contributed by atoms with Crippen LogP contribution in [0.4, 0.5) is 0 Å². The standard InChI is InChI=1S/C20H32O7/c1-8-25-16(22)13-11-9-20(24,10-12(11)27-19(5,6)7)15(14(13)21)26-17(23)18(2,3)4/h11-12,15,21,24H,8-10H2,1-7H3/t11-,12-,15+,20-/m0/s1. The van der Waals surface area contributed by atoms with Crippen molar-refractivity contribution in [3.8, 4) is 0 Å². The van der Waals surface area contributed by atoms with Crippen LogP contribution in [0.15, 0.2) is 11.3 Å². The number of aliphatic hydroxyl groups excluding tert-OH is 1. The Balaban J connectivity index is 2.46. The molecular formula is C20H32O7. The second-order valence-electron chi connectivity index (χ2n) is 9.44. The first kappa shape index (κ1) is 21.7. The van der Waals surface area contributed by atoms with Crippen molar-refractivity contribution in [1.29, 1.82) is 0 Å². The molecule has 0 aliphatic heterocycles. The fraction of sp³-hybridized carbons (Fsp3) is 0.800. The maximum Gasteiger partial charge on any atom is 0.337 e. The topological polar surface area (TPSA) is 102 Å². The molecule has 4 atom stereocenters. The smallest absolute Gasteiger partial charge is 0.337 e. The minimum Gasteiger partial charge on any atom is -0.508 e. The first-order chi connectivity index (χ1) is 12.2. The highest BCUT2D eigenvalue weighted by atomic mass is 16.6. The molecule has 0 unspecified atom stereocenters. The number of esters is 2. The number of rotatable bonds is 4. The molecule has 2 rings (SSSR count). The monoisotopic (exact) mass is 384 g/mol. The largest absolute Gasteiger partial charge is 0.508 e. The molecule has 2 N–H and O–H groups in total. The second kappa shape index (κ2) is 7.09. The quantitative estimate of drug-likeness (QED) is 0.718. The van der Waals surface area contributed by atoms with Gasteiger partial charge in [-0.3, -0.25) is 4.79 Å². The van der Waals surface area contributed by atoms with Crippen molar-refractivity contribution in [2.75, 3.05) is 6.61 Å². The van der Waals surface area contributed by atoms with Gasteiger partial charge < -0.3 is 24.4 Å². The van der Waals surface area contributed by atoms with E-state index < -0.39 is 52.4 Å². The molecule has 154 valence electrons. The highest BCUT2D eigenvalue weighted by Crippen LogP contribution is 2.51. The molecule has 1 saturated carbocycles. The average molecular weight is 384 g/mol. The maximum absolute atomic E-state index is 12.5. The van der Waals surface area contributed by atoms with Crippen LogP contribution in [-0.2, 0) is 23.8 Å². The van der Waals surface area contributed by atoms with Gasteiger partial charge in [0.2, 0.25) is 0 Å². The molecule has 1 fully saturated rings. The molecule has 0 radical (unpaired) electrons. The summed E-state index contributed by atoms with van der Waals surface area (Å²) in [5.74, 6) is -2.22. The summed E-state index contributed by atoms with van der Waals surface area (Å²) in [5.41, 5.74) is -2.80. The maximum atomic E-state index is 12.5.